The number of hydrogen-bond donors (Lipinski definition) is 2. The van der Waals surface area contributed by atoms with Crippen LogP contribution in [0.3, 0.4) is 0 Å². The summed E-state index contributed by atoms with van der Waals surface area (Å²) in [6.45, 7) is 6.27. The molecule has 0 saturated carbocycles. The van der Waals surface area contributed by atoms with Crippen LogP contribution in [0.4, 0.5) is 0 Å². The van der Waals surface area contributed by atoms with Gasteiger partial charge in [-0.2, -0.15) is 0 Å². The fraction of sp³-hybridized carbons (Fsp3) is 1.00. The molecule has 4 atom stereocenters. The van der Waals surface area contributed by atoms with Crippen LogP contribution in [0.15, 0.2) is 0 Å². The largest absolute Gasteiger partial charge is 0.392 e. The van der Waals surface area contributed by atoms with Gasteiger partial charge in [-0.05, 0) is 33.1 Å². The first-order valence-corrected chi connectivity index (χ1v) is 5.85. The molecule has 0 radical (unpaired) electrons. The van der Waals surface area contributed by atoms with Gasteiger partial charge >= 0.3 is 0 Å². The summed E-state index contributed by atoms with van der Waals surface area (Å²) in [6.07, 6.45) is 3.69. The number of aliphatic hydroxyl groups is 1. The molecule has 0 aliphatic carbocycles. The Morgan fingerprint density at radius 1 is 1.21 bits per heavy atom. The molecule has 2 heterocycles. The van der Waals surface area contributed by atoms with Crippen LogP contribution in [0.5, 0.6) is 0 Å². The van der Waals surface area contributed by atoms with Gasteiger partial charge in [0.15, 0.2) is 0 Å². The zero-order valence-corrected chi connectivity index (χ0v) is 9.24. The molecule has 0 amide bonds. The lowest BCUT2D eigenvalue weighted by atomic mass is 10.1. The Bertz CT molecular complexity index is 196. The number of likely N-dealkylation sites (tertiary alicyclic amines) is 1. The molecule has 0 aromatic heterocycles. The average Bonchev–Trinajstić information content (AvgIpc) is 2.45. The highest BCUT2D eigenvalue weighted by Gasteiger charge is 2.31. The summed E-state index contributed by atoms with van der Waals surface area (Å²) in [5.74, 6) is 0. The van der Waals surface area contributed by atoms with Gasteiger partial charge in [0.1, 0.15) is 0 Å². The van der Waals surface area contributed by atoms with Crippen LogP contribution in [0, 0.1) is 0 Å². The molecule has 2 saturated heterocycles. The smallest absolute Gasteiger partial charge is 0.0664 e. The first-order valence-electron chi connectivity index (χ1n) is 5.85. The minimum Gasteiger partial charge on any atom is -0.392 e. The van der Waals surface area contributed by atoms with Crippen molar-refractivity contribution in [2.75, 3.05) is 13.1 Å². The van der Waals surface area contributed by atoms with E-state index in [-0.39, 0.29) is 6.10 Å². The second kappa shape index (κ2) is 4.17. The van der Waals surface area contributed by atoms with Crippen LogP contribution in [0.2, 0.25) is 0 Å². The molecule has 3 nitrogen and oxygen atoms in total. The highest BCUT2D eigenvalue weighted by atomic mass is 16.3. The molecule has 14 heavy (non-hydrogen) atoms. The minimum atomic E-state index is -0.216. The van der Waals surface area contributed by atoms with Crippen molar-refractivity contribution in [1.29, 1.82) is 0 Å². The first-order chi connectivity index (χ1) is 6.66. The zero-order chi connectivity index (χ0) is 10.1. The summed E-state index contributed by atoms with van der Waals surface area (Å²) in [5, 5.41) is 13.2. The summed E-state index contributed by atoms with van der Waals surface area (Å²) < 4.78 is 0. The number of aliphatic hydroxyl groups excluding tert-OH is 1. The molecule has 3 heteroatoms. The van der Waals surface area contributed by atoms with Gasteiger partial charge in [-0.25, -0.2) is 0 Å². The Kier molecular flexibility index (Phi) is 3.10. The molecule has 82 valence electrons. The second-order valence-corrected chi connectivity index (χ2v) is 4.90. The summed E-state index contributed by atoms with van der Waals surface area (Å²) >= 11 is 0. The van der Waals surface area contributed by atoms with E-state index in [4.69, 9.17) is 0 Å². The van der Waals surface area contributed by atoms with Crippen LogP contribution >= 0.6 is 0 Å². The van der Waals surface area contributed by atoms with Crippen LogP contribution in [-0.4, -0.2) is 47.3 Å². The van der Waals surface area contributed by atoms with Crippen molar-refractivity contribution >= 4 is 0 Å². The molecular formula is C11H22N2O. The third-order valence-corrected chi connectivity index (χ3v) is 3.83. The maximum absolute atomic E-state index is 9.57. The molecule has 2 aliphatic heterocycles. The van der Waals surface area contributed by atoms with E-state index >= 15 is 0 Å². The predicted octanol–water partition coefficient (Wildman–Crippen LogP) is 0.582. The molecular weight excluding hydrogens is 176 g/mol. The Balaban J connectivity index is 1.94. The lowest BCUT2D eigenvalue weighted by Gasteiger charge is -2.31. The van der Waals surface area contributed by atoms with Crippen molar-refractivity contribution in [2.24, 2.45) is 0 Å². The van der Waals surface area contributed by atoms with E-state index in [2.05, 4.69) is 17.1 Å². The van der Waals surface area contributed by atoms with Crippen molar-refractivity contribution in [1.82, 2.24) is 10.2 Å². The Hall–Kier alpha value is -0.120. The van der Waals surface area contributed by atoms with Crippen LogP contribution < -0.4 is 5.32 Å². The molecule has 2 fully saturated rings. The highest BCUT2D eigenvalue weighted by Crippen LogP contribution is 2.22. The topological polar surface area (TPSA) is 35.5 Å². The van der Waals surface area contributed by atoms with Crippen molar-refractivity contribution in [3.63, 3.8) is 0 Å². The second-order valence-electron chi connectivity index (χ2n) is 4.90. The fourth-order valence-corrected chi connectivity index (χ4v) is 2.65. The average molecular weight is 198 g/mol. The molecule has 2 N–H and O–H groups in total. The van der Waals surface area contributed by atoms with Gasteiger partial charge in [0, 0.05) is 31.2 Å². The number of nitrogens with one attached hydrogen (secondary N) is 1. The predicted molar refractivity (Wildman–Crippen MR) is 57.3 cm³/mol. The van der Waals surface area contributed by atoms with E-state index in [0.29, 0.717) is 12.1 Å². The van der Waals surface area contributed by atoms with Crippen molar-refractivity contribution < 1.29 is 5.11 Å². The van der Waals surface area contributed by atoms with Crippen molar-refractivity contribution in [3.05, 3.63) is 0 Å². The first kappa shape index (κ1) is 10.4. The minimum absolute atomic E-state index is 0.216. The Morgan fingerprint density at radius 2 is 1.93 bits per heavy atom. The lowest BCUT2D eigenvalue weighted by molar-refractivity contribution is 0.0679. The quantitative estimate of drug-likeness (QED) is 0.681. The van der Waals surface area contributed by atoms with E-state index in [1.165, 1.54) is 19.3 Å². The molecule has 2 aliphatic rings. The summed E-state index contributed by atoms with van der Waals surface area (Å²) in [6, 6.07) is 1.71. The van der Waals surface area contributed by atoms with E-state index in [9.17, 15) is 5.11 Å². The number of nitrogens with zero attached hydrogens (tertiary/aromatic N) is 1. The van der Waals surface area contributed by atoms with Gasteiger partial charge in [0.25, 0.3) is 0 Å². The number of rotatable bonds is 2. The third-order valence-electron chi connectivity index (χ3n) is 3.83. The van der Waals surface area contributed by atoms with Crippen LogP contribution in [-0.2, 0) is 0 Å². The molecule has 0 spiro atoms. The fourth-order valence-electron chi connectivity index (χ4n) is 2.65. The summed E-state index contributed by atoms with van der Waals surface area (Å²) in [5.41, 5.74) is 0. The molecule has 2 bridgehead atoms. The number of fused-ring (bicyclic) bond motifs is 2. The number of hydrogen-bond acceptors (Lipinski definition) is 3. The maximum Gasteiger partial charge on any atom is 0.0664 e. The molecule has 2 rings (SSSR count). The monoisotopic (exact) mass is 198 g/mol. The van der Waals surface area contributed by atoms with Gasteiger partial charge in [-0.1, -0.05) is 0 Å². The van der Waals surface area contributed by atoms with Crippen LogP contribution in [0.1, 0.15) is 33.1 Å². The van der Waals surface area contributed by atoms with E-state index in [0.717, 1.165) is 19.1 Å². The van der Waals surface area contributed by atoms with Crippen molar-refractivity contribution in [2.45, 2.75) is 57.3 Å². The maximum atomic E-state index is 9.57. The standard InChI is InChI=1S/C11H22N2O/c1-8(9(2)14)13-6-5-10-3-4-11(7-13)12-10/h8-12,14H,3-7H2,1-2H3. The normalized spacial score (nSPS) is 37.9. The van der Waals surface area contributed by atoms with Gasteiger partial charge in [0.05, 0.1) is 6.10 Å². The van der Waals surface area contributed by atoms with Gasteiger partial charge in [-0.15, -0.1) is 0 Å². The molecule has 0 aromatic rings. The Morgan fingerprint density at radius 3 is 2.64 bits per heavy atom. The zero-order valence-electron chi connectivity index (χ0n) is 9.24. The summed E-state index contributed by atoms with van der Waals surface area (Å²) in [4.78, 5) is 2.43. The Labute approximate surface area is 86.5 Å². The van der Waals surface area contributed by atoms with E-state index < -0.39 is 0 Å². The lowest BCUT2D eigenvalue weighted by Crippen LogP contribution is -2.44. The van der Waals surface area contributed by atoms with E-state index in [1.807, 2.05) is 6.92 Å². The molecule has 4 unspecified atom stereocenters. The summed E-state index contributed by atoms with van der Waals surface area (Å²) in [7, 11) is 0. The third kappa shape index (κ3) is 2.10. The van der Waals surface area contributed by atoms with Gasteiger partial charge in [-0.3, -0.25) is 4.90 Å². The SMILES string of the molecule is CC(O)C(C)N1CCC2CCC(C1)N2. The van der Waals surface area contributed by atoms with Gasteiger partial charge < -0.3 is 10.4 Å². The highest BCUT2D eigenvalue weighted by molar-refractivity contribution is 4.91. The van der Waals surface area contributed by atoms with Crippen molar-refractivity contribution in [3.8, 4) is 0 Å². The van der Waals surface area contributed by atoms with Crippen LogP contribution in [0.25, 0.3) is 0 Å². The van der Waals surface area contributed by atoms with E-state index in [1.54, 1.807) is 0 Å². The van der Waals surface area contributed by atoms with Gasteiger partial charge in [0.2, 0.25) is 0 Å². The molecule has 0 aromatic carbocycles.